The first-order valence-electron chi connectivity index (χ1n) is 4.86. The van der Waals surface area contributed by atoms with Crippen molar-refractivity contribution in [3.63, 3.8) is 0 Å². The van der Waals surface area contributed by atoms with E-state index < -0.39 is 0 Å². The molecule has 1 fully saturated rings. The Morgan fingerprint density at radius 3 is 2.93 bits per heavy atom. The second-order valence-electron chi connectivity index (χ2n) is 3.85. The van der Waals surface area contributed by atoms with Gasteiger partial charge in [-0.15, -0.1) is 0 Å². The highest BCUT2D eigenvalue weighted by Crippen LogP contribution is 2.38. The van der Waals surface area contributed by atoms with Crippen LogP contribution in [0.1, 0.15) is 37.2 Å². The van der Waals surface area contributed by atoms with E-state index in [9.17, 15) is 5.11 Å². The van der Waals surface area contributed by atoms with Crippen LogP contribution in [0.5, 0.6) is 0 Å². The zero-order chi connectivity index (χ0) is 10.1. The van der Waals surface area contributed by atoms with Crippen LogP contribution in [0, 0.1) is 0 Å². The average Bonchev–Trinajstić information content (AvgIpc) is 2.91. The lowest BCUT2D eigenvalue weighted by Gasteiger charge is -2.07. The van der Waals surface area contributed by atoms with Gasteiger partial charge in [-0.25, -0.2) is 9.97 Å². The van der Waals surface area contributed by atoms with Gasteiger partial charge in [0.2, 0.25) is 0 Å². The quantitative estimate of drug-likeness (QED) is 0.901. The molecule has 0 spiro atoms. The van der Waals surface area contributed by atoms with Crippen LogP contribution in [-0.2, 0) is 6.42 Å². The number of rotatable bonds is 3. The predicted octanol–water partition coefficient (Wildman–Crippen LogP) is 2.04. The lowest BCUT2D eigenvalue weighted by atomic mass is 10.2. The molecule has 1 aliphatic rings. The summed E-state index contributed by atoms with van der Waals surface area (Å²) in [7, 11) is 0. The van der Waals surface area contributed by atoms with E-state index in [1.807, 2.05) is 0 Å². The molecule has 0 aromatic carbocycles. The molecule has 3 nitrogen and oxygen atoms in total. The van der Waals surface area contributed by atoms with Crippen LogP contribution in [0.3, 0.4) is 0 Å². The van der Waals surface area contributed by atoms with Gasteiger partial charge in [0, 0.05) is 18.5 Å². The van der Waals surface area contributed by atoms with Gasteiger partial charge < -0.3 is 5.11 Å². The van der Waals surface area contributed by atoms with E-state index >= 15 is 0 Å². The second kappa shape index (κ2) is 3.95. The van der Waals surface area contributed by atoms with Crippen LogP contribution in [0.25, 0.3) is 0 Å². The topological polar surface area (TPSA) is 46.0 Å². The number of hydrogen-bond donors (Lipinski definition) is 1. The Hall–Kier alpha value is -0.480. The molecule has 4 heteroatoms. The predicted molar refractivity (Wildman–Crippen MR) is 57.1 cm³/mol. The van der Waals surface area contributed by atoms with Crippen molar-refractivity contribution in [3.8, 4) is 0 Å². The maximum Gasteiger partial charge on any atom is 0.131 e. The molecule has 0 radical (unpaired) electrons. The minimum atomic E-state index is -0.353. The Morgan fingerprint density at radius 1 is 1.64 bits per heavy atom. The third-order valence-corrected chi connectivity index (χ3v) is 2.93. The number of aromatic nitrogens is 2. The van der Waals surface area contributed by atoms with Crippen LogP contribution in [0.15, 0.2) is 10.7 Å². The standard InChI is InChI=1S/C10H13BrN2O/c1-6(14)4-9-8(11)5-12-10(13-9)7-2-3-7/h5-7,14H,2-4H2,1H3. The zero-order valence-electron chi connectivity index (χ0n) is 8.07. The SMILES string of the molecule is CC(O)Cc1nc(C2CC2)ncc1Br. The molecule has 1 unspecified atom stereocenters. The molecule has 0 aliphatic heterocycles. The lowest BCUT2D eigenvalue weighted by Crippen LogP contribution is -2.08. The Bertz CT molecular complexity index is 337. The minimum absolute atomic E-state index is 0.353. The van der Waals surface area contributed by atoms with Crippen LogP contribution < -0.4 is 0 Å². The van der Waals surface area contributed by atoms with Gasteiger partial charge in [0.05, 0.1) is 16.3 Å². The highest BCUT2D eigenvalue weighted by Gasteiger charge is 2.27. The van der Waals surface area contributed by atoms with Crippen LogP contribution in [0.4, 0.5) is 0 Å². The molecular weight excluding hydrogens is 244 g/mol. The average molecular weight is 257 g/mol. The van der Waals surface area contributed by atoms with Crippen molar-refractivity contribution in [3.05, 3.63) is 22.2 Å². The van der Waals surface area contributed by atoms with Crippen molar-refractivity contribution < 1.29 is 5.11 Å². The molecule has 1 heterocycles. The lowest BCUT2D eigenvalue weighted by molar-refractivity contribution is 0.194. The Kier molecular flexibility index (Phi) is 2.83. The number of aliphatic hydroxyl groups excluding tert-OH is 1. The minimum Gasteiger partial charge on any atom is -0.393 e. The fourth-order valence-electron chi connectivity index (χ4n) is 1.38. The fraction of sp³-hybridized carbons (Fsp3) is 0.600. The molecule has 14 heavy (non-hydrogen) atoms. The van der Waals surface area contributed by atoms with E-state index in [0.29, 0.717) is 12.3 Å². The molecular formula is C10H13BrN2O. The molecule has 0 amide bonds. The van der Waals surface area contributed by atoms with E-state index in [-0.39, 0.29) is 6.10 Å². The highest BCUT2D eigenvalue weighted by molar-refractivity contribution is 9.10. The van der Waals surface area contributed by atoms with Crippen molar-refractivity contribution in [1.29, 1.82) is 0 Å². The molecule has 1 aromatic rings. The smallest absolute Gasteiger partial charge is 0.131 e. The molecule has 1 saturated carbocycles. The highest BCUT2D eigenvalue weighted by atomic mass is 79.9. The van der Waals surface area contributed by atoms with Crippen molar-refractivity contribution in [2.75, 3.05) is 0 Å². The summed E-state index contributed by atoms with van der Waals surface area (Å²) in [6, 6.07) is 0. The molecule has 0 bridgehead atoms. The van der Waals surface area contributed by atoms with Crippen molar-refractivity contribution in [2.24, 2.45) is 0 Å². The van der Waals surface area contributed by atoms with Crippen molar-refractivity contribution in [2.45, 2.75) is 38.2 Å². The first kappa shape index (κ1) is 10.1. The van der Waals surface area contributed by atoms with Crippen LogP contribution in [-0.4, -0.2) is 21.2 Å². The summed E-state index contributed by atoms with van der Waals surface area (Å²) in [4.78, 5) is 8.73. The Balaban J connectivity index is 2.22. The summed E-state index contributed by atoms with van der Waals surface area (Å²) in [5, 5.41) is 9.29. The van der Waals surface area contributed by atoms with E-state index in [2.05, 4.69) is 25.9 Å². The summed E-state index contributed by atoms with van der Waals surface area (Å²) in [6.45, 7) is 1.77. The molecule has 1 atom stereocenters. The molecule has 76 valence electrons. The monoisotopic (exact) mass is 256 g/mol. The van der Waals surface area contributed by atoms with E-state index in [1.165, 1.54) is 12.8 Å². The largest absolute Gasteiger partial charge is 0.393 e. The van der Waals surface area contributed by atoms with E-state index in [4.69, 9.17) is 0 Å². The van der Waals surface area contributed by atoms with Crippen LogP contribution in [0.2, 0.25) is 0 Å². The summed E-state index contributed by atoms with van der Waals surface area (Å²) in [5.41, 5.74) is 0.914. The first-order chi connectivity index (χ1) is 6.66. The summed E-state index contributed by atoms with van der Waals surface area (Å²) >= 11 is 3.39. The first-order valence-corrected chi connectivity index (χ1v) is 5.65. The van der Waals surface area contributed by atoms with Gasteiger partial charge in [-0.05, 0) is 35.7 Å². The summed E-state index contributed by atoms with van der Waals surface area (Å²) in [6.07, 6.45) is 4.43. The maximum atomic E-state index is 9.29. The summed E-state index contributed by atoms with van der Waals surface area (Å²) < 4.78 is 0.891. The zero-order valence-corrected chi connectivity index (χ0v) is 9.66. The van der Waals surface area contributed by atoms with Crippen molar-refractivity contribution >= 4 is 15.9 Å². The summed E-state index contributed by atoms with van der Waals surface area (Å²) in [5.74, 6) is 1.50. The molecule has 1 N–H and O–H groups in total. The molecule has 1 aliphatic carbocycles. The van der Waals surface area contributed by atoms with E-state index in [0.717, 1.165) is 16.0 Å². The number of hydrogen-bond acceptors (Lipinski definition) is 3. The molecule has 0 saturated heterocycles. The van der Waals surface area contributed by atoms with Gasteiger partial charge in [0.15, 0.2) is 0 Å². The second-order valence-corrected chi connectivity index (χ2v) is 4.70. The van der Waals surface area contributed by atoms with Gasteiger partial charge in [-0.2, -0.15) is 0 Å². The number of aliphatic hydroxyl groups is 1. The van der Waals surface area contributed by atoms with Crippen LogP contribution >= 0.6 is 15.9 Å². The van der Waals surface area contributed by atoms with Gasteiger partial charge >= 0.3 is 0 Å². The molecule has 2 rings (SSSR count). The number of halogens is 1. The fourth-order valence-corrected chi connectivity index (χ4v) is 1.73. The van der Waals surface area contributed by atoms with Gasteiger partial charge in [0.25, 0.3) is 0 Å². The normalized spacial score (nSPS) is 18.2. The van der Waals surface area contributed by atoms with Gasteiger partial charge in [-0.3, -0.25) is 0 Å². The third-order valence-electron chi connectivity index (χ3n) is 2.27. The Labute approximate surface area is 91.7 Å². The molecule has 1 aromatic heterocycles. The van der Waals surface area contributed by atoms with Gasteiger partial charge in [0.1, 0.15) is 5.82 Å². The third kappa shape index (κ3) is 2.30. The van der Waals surface area contributed by atoms with Crippen molar-refractivity contribution in [1.82, 2.24) is 9.97 Å². The Morgan fingerprint density at radius 2 is 2.36 bits per heavy atom. The van der Waals surface area contributed by atoms with Gasteiger partial charge in [-0.1, -0.05) is 0 Å². The number of nitrogens with zero attached hydrogens (tertiary/aromatic N) is 2. The maximum absolute atomic E-state index is 9.29. The van der Waals surface area contributed by atoms with E-state index in [1.54, 1.807) is 13.1 Å².